The van der Waals surface area contributed by atoms with Crippen molar-refractivity contribution in [2.75, 3.05) is 0 Å². The molecule has 3 aromatic rings. The molecule has 0 saturated carbocycles. The number of aromatic nitrogens is 2. The van der Waals surface area contributed by atoms with Crippen molar-refractivity contribution in [2.24, 2.45) is 4.99 Å². The van der Waals surface area contributed by atoms with Crippen LogP contribution in [-0.4, -0.2) is 21.8 Å². The molecule has 25 heavy (non-hydrogen) atoms. The van der Waals surface area contributed by atoms with Gasteiger partial charge in [-0.25, -0.2) is 14.8 Å². The first kappa shape index (κ1) is 15.0. The quantitative estimate of drug-likeness (QED) is 0.544. The molecule has 0 saturated heterocycles. The number of ether oxygens (including phenoxy) is 1. The number of fused-ring (bicyclic) bond motifs is 1. The van der Waals surface area contributed by atoms with Gasteiger partial charge in [0.15, 0.2) is 5.70 Å². The Balaban J connectivity index is 1.60. The first-order valence-electron chi connectivity index (χ1n) is 7.75. The maximum absolute atomic E-state index is 12.0. The highest BCUT2D eigenvalue weighted by Crippen LogP contribution is 2.17. The molecule has 1 aliphatic rings. The number of rotatable bonds is 3. The molecule has 0 aliphatic carbocycles. The van der Waals surface area contributed by atoms with Crippen LogP contribution in [0.25, 0.3) is 23.2 Å². The zero-order chi connectivity index (χ0) is 17.1. The molecule has 0 radical (unpaired) electrons. The Hall–Kier alpha value is -3.60. The van der Waals surface area contributed by atoms with E-state index in [0.717, 1.165) is 16.6 Å². The first-order chi connectivity index (χ1) is 12.3. The summed E-state index contributed by atoms with van der Waals surface area (Å²) in [6.45, 7) is 0. The SMILES string of the molecule is O=C1OC(/C=C/c2ccccc2)=NC/1=C\c1cnc2ccccc2n1. The van der Waals surface area contributed by atoms with E-state index in [9.17, 15) is 4.79 Å². The number of para-hydroxylation sites is 2. The molecule has 120 valence electrons. The number of esters is 1. The molecule has 0 bridgehead atoms. The third-order valence-corrected chi connectivity index (χ3v) is 3.61. The zero-order valence-corrected chi connectivity index (χ0v) is 13.2. The lowest BCUT2D eigenvalue weighted by molar-refractivity contribution is -0.129. The highest BCUT2D eigenvalue weighted by molar-refractivity contribution is 6.11. The van der Waals surface area contributed by atoms with Crippen LogP contribution < -0.4 is 0 Å². The van der Waals surface area contributed by atoms with E-state index in [4.69, 9.17) is 4.74 Å². The number of cyclic esters (lactones) is 1. The summed E-state index contributed by atoms with van der Waals surface area (Å²) in [7, 11) is 0. The van der Waals surface area contributed by atoms with Gasteiger partial charge < -0.3 is 4.74 Å². The minimum atomic E-state index is -0.498. The topological polar surface area (TPSA) is 64.4 Å². The van der Waals surface area contributed by atoms with Crippen LogP contribution in [0.15, 0.2) is 77.6 Å². The molecule has 5 nitrogen and oxygen atoms in total. The number of carbonyl (C=O) groups excluding carboxylic acids is 1. The van der Waals surface area contributed by atoms with E-state index in [-0.39, 0.29) is 11.6 Å². The summed E-state index contributed by atoms with van der Waals surface area (Å²) in [5.74, 6) is -0.239. The standard InChI is InChI=1S/C20H13N3O2/c24-20-18(12-15-13-21-16-8-4-5-9-17(16)22-15)23-19(25-20)11-10-14-6-2-1-3-7-14/h1-13H/b11-10+,18-12-. The van der Waals surface area contributed by atoms with Crippen molar-refractivity contribution in [2.45, 2.75) is 0 Å². The van der Waals surface area contributed by atoms with E-state index in [0.29, 0.717) is 5.69 Å². The summed E-state index contributed by atoms with van der Waals surface area (Å²) >= 11 is 0. The van der Waals surface area contributed by atoms with Crippen molar-refractivity contribution in [3.8, 4) is 0 Å². The molecule has 5 heteroatoms. The van der Waals surface area contributed by atoms with Crippen LogP contribution in [0.5, 0.6) is 0 Å². The normalized spacial score (nSPS) is 15.8. The van der Waals surface area contributed by atoms with Gasteiger partial charge in [0.1, 0.15) is 0 Å². The summed E-state index contributed by atoms with van der Waals surface area (Å²) in [6.07, 6.45) is 6.69. The Morgan fingerprint density at radius 3 is 2.48 bits per heavy atom. The van der Waals surface area contributed by atoms with Gasteiger partial charge in [-0.3, -0.25) is 4.98 Å². The summed E-state index contributed by atoms with van der Waals surface area (Å²) in [5.41, 5.74) is 3.32. The Bertz CT molecular complexity index is 1040. The highest BCUT2D eigenvalue weighted by atomic mass is 16.6. The summed E-state index contributed by atoms with van der Waals surface area (Å²) < 4.78 is 5.16. The second kappa shape index (κ2) is 6.49. The molecule has 0 spiro atoms. The Labute approximate surface area is 144 Å². The molecule has 0 amide bonds. The van der Waals surface area contributed by atoms with E-state index in [1.807, 2.05) is 60.7 Å². The minimum absolute atomic E-state index is 0.206. The number of benzene rings is 2. The van der Waals surface area contributed by atoms with Crippen molar-refractivity contribution in [3.05, 3.63) is 83.8 Å². The van der Waals surface area contributed by atoms with Gasteiger partial charge in [0.2, 0.25) is 5.90 Å². The third kappa shape index (κ3) is 3.35. The van der Waals surface area contributed by atoms with E-state index in [2.05, 4.69) is 15.0 Å². The van der Waals surface area contributed by atoms with E-state index in [1.54, 1.807) is 18.3 Å². The second-order valence-electron chi connectivity index (χ2n) is 5.40. The number of carbonyl (C=O) groups is 1. The lowest BCUT2D eigenvalue weighted by Crippen LogP contribution is -2.01. The van der Waals surface area contributed by atoms with Gasteiger partial charge >= 0.3 is 5.97 Å². The van der Waals surface area contributed by atoms with Crippen molar-refractivity contribution < 1.29 is 9.53 Å². The monoisotopic (exact) mass is 327 g/mol. The first-order valence-corrected chi connectivity index (χ1v) is 7.75. The van der Waals surface area contributed by atoms with E-state index < -0.39 is 5.97 Å². The highest BCUT2D eigenvalue weighted by Gasteiger charge is 2.21. The fourth-order valence-electron chi connectivity index (χ4n) is 2.41. The average Bonchev–Trinajstić information content (AvgIpc) is 3.00. The molecule has 2 heterocycles. The van der Waals surface area contributed by atoms with Crippen LogP contribution in [0.2, 0.25) is 0 Å². The van der Waals surface area contributed by atoms with Gasteiger partial charge in [-0.05, 0) is 29.8 Å². The van der Waals surface area contributed by atoms with Gasteiger partial charge in [0, 0.05) is 6.08 Å². The lowest BCUT2D eigenvalue weighted by Gasteiger charge is -1.97. The van der Waals surface area contributed by atoms with Crippen LogP contribution in [0.4, 0.5) is 0 Å². The molecule has 4 rings (SSSR count). The largest absolute Gasteiger partial charge is 0.403 e. The number of aliphatic imine (C=N–C) groups is 1. The molecular weight excluding hydrogens is 314 g/mol. The maximum atomic E-state index is 12.0. The maximum Gasteiger partial charge on any atom is 0.363 e. The summed E-state index contributed by atoms with van der Waals surface area (Å²) in [6, 6.07) is 17.3. The molecule has 0 N–H and O–H groups in total. The zero-order valence-electron chi connectivity index (χ0n) is 13.2. The van der Waals surface area contributed by atoms with Gasteiger partial charge in [-0.15, -0.1) is 0 Å². The Morgan fingerprint density at radius 1 is 0.880 bits per heavy atom. The van der Waals surface area contributed by atoms with Gasteiger partial charge in [0.25, 0.3) is 0 Å². The number of hydrogen-bond acceptors (Lipinski definition) is 5. The molecule has 2 aromatic carbocycles. The van der Waals surface area contributed by atoms with E-state index >= 15 is 0 Å². The third-order valence-electron chi connectivity index (χ3n) is 3.61. The minimum Gasteiger partial charge on any atom is -0.403 e. The number of nitrogens with zero attached hydrogens (tertiary/aromatic N) is 3. The van der Waals surface area contributed by atoms with Gasteiger partial charge in [-0.1, -0.05) is 42.5 Å². The molecule has 1 aliphatic heterocycles. The van der Waals surface area contributed by atoms with Crippen molar-refractivity contribution in [1.29, 1.82) is 0 Å². The van der Waals surface area contributed by atoms with Gasteiger partial charge in [0.05, 0.1) is 22.9 Å². The van der Waals surface area contributed by atoms with Crippen molar-refractivity contribution in [3.63, 3.8) is 0 Å². The molecule has 1 aromatic heterocycles. The summed E-state index contributed by atoms with van der Waals surface area (Å²) in [5, 5.41) is 0. The second-order valence-corrected chi connectivity index (χ2v) is 5.40. The Kier molecular flexibility index (Phi) is 3.88. The van der Waals surface area contributed by atoms with Crippen LogP contribution >= 0.6 is 0 Å². The van der Waals surface area contributed by atoms with E-state index in [1.165, 1.54) is 0 Å². The molecule has 0 fully saturated rings. The predicted octanol–water partition coefficient (Wildman–Crippen LogP) is 3.64. The van der Waals surface area contributed by atoms with Crippen molar-refractivity contribution in [1.82, 2.24) is 9.97 Å². The fourth-order valence-corrected chi connectivity index (χ4v) is 2.41. The average molecular weight is 327 g/mol. The van der Waals surface area contributed by atoms with Crippen LogP contribution in [0.1, 0.15) is 11.3 Å². The predicted molar refractivity (Wildman–Crippen MR) is 96.5 cm³/mol. The number of hydrogen-bond donors (Lipinski definition) is 0. The molecule has 0 atom stereocenters. The fraction of sp³-hybridized carbons (Fsp3) is 0. The molecule has 0 unspecified atom stereocenters. The van der Waals surface area contributed by atoms with Crippen molar-refractivity contribution >= 4 is 35.1 Å². The Morgan fingerprint density at radius 2 is 1.64 bits per heavy atom. The van der Waals surface area contributed by atoms with Crippen LogP contribution in [-0.2, 0) is 9.53 Å². The smallest absolute Gasteiger partial charge is 0.363 e. The van der Waals surface area contributed by atoms with Gasteiger partial charge in [-0.2, -0.15) is 0 Å². The van der Waals surface area contributed by atoms with Crippen LogP contribution in [0, 0.1) is 0 Å². The summed E-state index contributed by atoms with van der Waals surface area (Å²) in [4.78, 5) is 25.0. The lowest BCUT2D eigenvalue weighted by atomic mass is 10.2. The van der Waals surface area contributed by atoms with Crippen LogP contribution in [0.3, 0.4) is 0 Å². The molecular formula is C20H13N3O2.